The van der Waals surface area contributed by atoms with E-state index in [-0.39, 0.29) is 0 Å². The van der Waals surface area contributed by atoms with E-state index in [9.17, 15) is 0 Å². The summed E-state index contributed by atoms with van der Waals surface area (Å²) in [6.45, 7) is 4.98. The van der Waals surface area contributed by atoms with Crippen LogP contribution in [0.3, 0.4) is 0 Å². The lowest BCUT2D eigenvalue weighted by Gasteiger charge is -2.06. The van der Waals surface area contributed by atoms with Gasteiger partial charge in [-0.1, -0.05) is 6.92 Å². The van der Waals surface area contributed by atoms with E-state index < -0.39 is 0 Å². The predicted octanol–water partition coefficient (Wildman–Crippen LogP) is 2.87. The van der Waals surface area contributed by atoms with Gasteiger partial charge >= 0.3 is 0 Å². The average molecular weight is 217 g/mol. The first kappa shape index (κ1) is 10.7. The van der Waals surface area contributed by atoms with Crippen molar-refractivity contribution in [1.29, 1.82) is 0 Å². The van der Waals surface area contributed by atoms with E-state index in [4.69, 9.17) is 4.42 Å². The Kier molecular flexibility index (Phi) is 3.19. The Labute approximate surface area is 94.7 Å². The van der Waals surface area contributed by atoms with Gasteiger partial charge in [0.15, 0.2) is 0 Å². The van der Waals surface area contributed by atoms with Crippen molar-refractivity contribution in [2.24, 2.45) is 0 Å². The monoisotopic (exact) mass is 217 g/mol. The Morgan fingerprint density at radius 1 is 1.44 bits per heavy atom. The topological polar surface area (TPSA) is 51.0 Å². The van der Waals surface area contributed by atoms with Gasteiger partial charge in [-0.25, -0.2) is 9.97 Å². The van der Waals surface area contributed by atoms with Gasteiger partial charge in [0, 0.05) is 18.3 Å². The third kappa shape index (κ3) is 2.21. The summed E-state index contributed by atoms with van der Waals surface area (Å²) in [6.07, 6.45) is 6.22. The Morgan fingerprint density at radius 3 is 3.00 bits per heavy atom. The molecule has 2 heterocycles. The molecule has 0 atom stereocenters. The van der Waals surface area contributed by atoms with Crippen molar-refractivity contribution in [3.63, 3.8) is 0 Å². The number of aryl methyl sites for hydroxylation is 1. The highest BCUT2D eigenvalue weighted by molar-refractivity contribution is 5.62. The van der Waals surface area contributed by atoms with E-state index in [1.807, 2.05) is 19.2 Å². The molecule has 2 aromatic rings. The Morgan fingerprint density at radius 2 is 2.31 bits per heavy atom. The van der Waals surface area contributed by atoms with Crippen LogP contribution in [0.2, 0.25) is 0 Å². The molecule has 0 aliphatic rings. The summed E-state index contributed by atoms with van der Waals surface area (Å²) in [5.74, 6) is 0.670. The lowest BCUT2D eigenvalue weighted by atomic mass is 10.1. The van der Waals surface area contributed by atoms with Gasteiger partial charge in [0.2, 0.25) is 5.95 Å². The summed E-state index contributed by atoms with van der Waals surface area (Å²) in [6, 6.07) is 1.90. The van der Waals surface area contributed by atoms with E-state index in [1.54, 1.807) is 12.5 Å². The maximum atomic E-state index is 5.06. The van der Waals surface area contributed by atoms with Crippen LogP contribution >= 0.6 is 0 Å². The number of hydrogen-bond acceptors (Lipinski definition) is 4. The second-order valence-electron chi connectivity index (χ2n) is 3.66. The van der Waals surface area contributed by atoms with Crippen LogP contribution in [0.5, 0.6) is 0 Å². The molecular weight excluding hydrogens is 202 g/mol. The van der Waals surface area contributed by atoms with Crippen molar-refractivity contribution >= 4 is 5.95 Å². The van der Waals surface area contributed by atoms with E-state index in [0.717, 1.165) is 29.8 Å². The molecule has 84 valence electrons. The summed E-state index contributed by atoms with van der Waals surface area (Å²) >= 11 is 0. The largest absolute Gasteiger partial charge is 0.472 e. The first-order chi connectivity index (χ1) is 7.81. The van der Waals surface area contributed by atoms with Crippen LogP contribution in [0.4, 0.5) is 5.95 Å². The summed E-state index contributed by atoms with van der Waals surface area (Å²) in [5, 5.41) is 3.17. The van der Waals surface area contributed by atoms with Gasteiger partial charge in [0.25, 0.3) is 0 Å². The molecule has 16 heavy (non-hydrogen) atoms. The van der Waals surface area contributed by atoms with Crippen LogP contribution in [0.15, 0.2) is 29.2 Å². The fourth-order valence-electron chi connectivity index (χ4n) is 1.46. The number of furan rings is 1. The van der Waals surface area contributed by atoms with Gasteiger partial charge in [-0.05, 0) is 25.0 Å². The van der Waals surface area contributed by atoms with E-state index >= 15 is 0 Å². The molecule has 0 fully saturated rings. The first-order valence-electron chi connectivity index (χ1n) is 5.41. The van der Waals surface area contributed by atoms with Gasteiger partial charge < -0.3 is 9.73 Å². The molecule has 0 radical (unpaired) electrons. The molecule has 0 aliphatic carbocycles. The maximum Gasteiger partial charge on any atom is 0.223 e. The van der Waals surface area contributed by atoms with Crippen LogP contribution in [-0.2, 0) is 0 Å². The molecule has 0 amide bonds. The van der Waals surface area contributed by atoms with Crippen LogP contribution < -0.4 is 5.32 Å². The zero-order chi connectivity index (χ0) is 11.4. The molecule has 2 aromatic heterocycles. The number of aromatic nitrogens is 2. The molecule has 4 nitrogen and oxygen atoms in total. The zero-order valence-corrected chi connectivity index (χ0v) is 9.53. The van der Waals surface area contributed by atoms with Gasteiger partial charge in [0.1, 0.15) is 0 Å². The minimum atomic E-state index is 0.670. The van der Waals surface area contributed by atoms with Gasteiger partial charge in [0.05, 0.1) is 18.2 Å². The average Bonchev–Trinajstić information content (AvgIpc) is 2.81. The van der Waals surface area contributed by atoms with Crippen molar-refractivity contribution in [3.8, 4) is 11.3 Å². The van der Waals surface area contributed by atoms with E-state index in [1.165, 1.54) is 0 Å². The third-order valence-corrected chi connectivity index (χ3v) is 2.30. The maximum absolute atomic E-state index is 5.06. The smallest absolute Gasteiger partial charge is 0.223 e. The summed E-state index contributed by atoms with van der Waals surface area (Å²) < 4.78 is 5.06. The van der Waals surface area contributed by atoms with E-state index in [0.29, 0.717) is 5.95 Å². The lowest BCUT2D eigenvalue weighted by molar-refractivity contribution is 0.568. The molecule has 4 heteroatoms. The molecule has 0 aromatic carbocycles. The van der Waals surface area contributed by atoms with Gasteiger partial charge in [-0.15, -0.1) is 0 Å². The highest BCUT2D eigenvalue weighted by atomic mass is 16.3. The molecule has 0 unspecified atom stereocenters. The number of rotatable bonds is 4. The molecule has 2 rings (SSSR count). The zero-order valence-electron chi connectivity index (χ0n) is 9.53. The van der Waals surface area contributed by atoms with Crippen molar-refractivity contribution in [3.05, 3.63) is 30.4 Å². The van der Waals surface area contributed by atoms with E-state index in [2.05, 4.69) is 22.2 Å². The Balaban J connectivity index is 2.30. The standard InChI is InChI=1S/C12H15N3O/c1-3-5-13-12-14-7-9(2)11(15-12)10-4-6-16-8-10/h4,6-8H,3,5H2,1-2H3,(H,13,14,15). The summed E-state index contributed by atoms with van der Waals surface area (Å²) in [7, 11) is 0. The molecular formula is C12H15N3O. The second-order valence-corrected chi connectivity index (χ2v) is 3.66. The van der Waals surface area contributed by atoms with Crippen LogP contribution in [0.25, 0.3) is 11.3 Å². The predicted molar refractivity (Wildman–Crippen MR) is 63.3 cm³/mol. The highest BCUT2D eigenvalue weighted by Crippen LogP contribution is 2.21. The minimum absolute atomic E-state index is 0.670. The number of nitrogens with one attached hydrogen (secondary N) is 1. The Hall–Kier alpha value is -1.84. The third-order valence-electron chi connectivity index (χ3n) is 2.30. The number of anilines is 1. The molecule has 0 saturated carbocycles. The quantitative estimate of drug-likeness (QED) is 0.855. The normalized spacial score (nSPS) is 10.4. The van der Waals surface area contributed by atoms with Gasteiger partial charge in [-0.2, -0.15) is 0 Å². The van der Waals surface area contributed by atoms with Crippen molar-refractivity contribution in [1.82, 2.24) is 9.97 Å². The van der Waals surface area contributed by atoms with Gasteiger partial charge in [-0.3, -0.25) is 0 Å². The molecule has 0 saturated heterocycles. The van der Waals surface area contributed by atoms with Crippen LogP contribution in [0, 0.1) is 6.92 Å². The van der Waals surface area contributed by atoms with Crippen molar-refractivity contribution in [2.75, 3.05) is 11.9 Å². The summed E-state index contributed by atoms with van der Waals surface area (Å²) in [5.41, 5.74) is 2.95. The number of nitrogens with zero attached hydrogens (tertiary/aromatic N) is 2. The van der Waals surface area contributed by atoms with Crippen molar-refractivity contribution < 1.29 is 4.42 Å². The highest BCUT2D eigenvalue weighted by Gasteiger charge is 2.06. The first-order valence-corrected chi connectivity index (χ1v) is 5.41. The molecule has 0 bridgehead atoms. The molecule has 0 aliphatic heterocycles. The minimum Gasteiger partial charge on any atom is -0.472 e. The summed E-state index contributed by atoms with van der Waals surface area (Å²) in [4.78, 5) is 8.70. The van der Waals surface area contributed by atoms with Crippen molar-refractivity contribution in [2.45, 2.75) is 20.3 Å². The van der Waals surface area contributed by atoms with Crippen LogP contribution in [-0.4, -0.2) is 16.5 Å². The fourth-order valence-corrected chi connectivity index (χ4v) is 1.46. The molecule has 0 spiro atoms. The number of hydrogen-bond donors (Lipinski definition) is 1. The second kappa shape index (κ2) is 4.79. The SMILES string of the molecule is CCCNc1ncc(C)c(-c2ccoc2)n1. The Bertz CT molecular complexity index is 451. The van der Waals surface area contributed by atoms with Crippen LogP contribution in [0.1, 0.15) is 18.9 Å². The fraction of sp³-hybridized carbons (Fsp3) is 0.333. The lowest BCUT2D eigenvalue weighted by Crippen LogP contribution is -2.05. The molecule has 1 N–H and O–H groups in total.